The average molecular weight is 285 g/mol. The van der Waals surface area contributed by atoms with Gasteiger partial charge >= 0.3 is 0 Å². The molecule has 4 nitrogen and oxygen atoms in total. The van der Waals surface area contributed by atoms with E-state index in [1.165, 1.54) is 12.3 Å². The van der Waals surface area contributed by atoms with Crippen LogP contribution in [0.1, 0.15) is 31.1 Å². The molecule has 0 aliphatic heterocycles. The smallest absolute Gasteiger partial charge is 0.254 e. The fourth-order valence-corrected chi connectivity index (χ4v) is 2.22. The first-order chi connectivity index (χ1) is 9.10. The van der Waals surface area contributed by atoms with E-state index in [0.717, 1.165) is 11.5 Å². The van der Waals surface area contributed by atoms with Crippen LogP contribution in [-0.4, -0.2) is 35.0 Å². The molecule has 1 atom stereocenters. The predicted molar refractivity (Wildman–Crippen MR) is 78.3 cm³/mol. The van der Waals surface area contributed by atoms with Gasteiger partial charge < -0.3 is 10.6 Å². The SMILES string of the molecule is CCNc1nccc(C(=O)NC(C)CSCC)c1F. The van der Waals surface area contributed by atoms with Crippen molar-refractivity contribution in [2.45, 2.75) is 26.8 Å². The van der Waals surface area contributed by atoms with E-state index >= 15 is 0 Å². The number of anilines is 1. The summed E-state index contributed by atoms with van der Waals surface area (Å²) in [5.41, 5.74) is 0.0271. The quantitative estimate of drug-likeness (QED) is 0.808. The summed E-state index contributed by atoms with van der Waals surface area (Å²) in [6.07, 6.45) is 1.43. The summed E-state index contributed by atoms with van der Waals surface area (Å²) in [4.78, 5) is 15.8. The molecule has 0 radical (unpaired) electrons. The van der Waals surface area contributed by atoms with E-state index < -0.39 is 11.7 Å². The summed E-state index contributed by atoms with van der Waals surface area (Å²) in [6, 6.07) is 1.40. The lowest BCUT2D eigenvalue weighted by Crippen LogP contribution is -2.35. The third-order valence-electron chi connectivity index (χ3n) is 2.43. The molecule has 0 aliphatic carbocycles. The Hall–Kier alpha value is -1.30. The van der Waals surface area contributed by atoms with Crippen molar-refractivity contribution in [1.29, 1.82) is 0 Å². The van der Waals surface area contributed by atoms with Crippen molar-refractivity contribution in [3.8, 4) is 0 Å². The van der Waals surface area contributed by atoms with E-state index in [1.807, 2.05) is 13.8 Å². The minimum atomic E-state index is -0.600. The second-order valence-corrected chi connectivity index (χ2v) is 5.40. The molecule has 2 N–H and O–H groups in total. The number of rotatable bonds is 7. The maximum absolute atomic E-state index is 14.0. The molecule has 0 saturated carbocycles. The molecule has 1 aromatic rings. The summed E-state index contributed by atoms with van der Waals surface area (Å²) in [5.74, 6) is 0.926. The van der Waals surface area contributed by atoms with E-state index in [0.29, 0.717) is 6.54 Å². The molecule has 0 aromatic carbocycles. The fourth-order valence-electron chi connectivity index (χ4n) is 1.55. The summed E-state index contributed by atoms with van der Waals surface area (Å²) in [6.45, 7) is 6.37. The summed E-state index contributed by atoms with van der Waals surface area (Å²) >= 11 is 1.74. The average Bonchev–Trinajstić information content (AvgIpc) is 2.39. The van der Waals surface area contributed by atoms with Crippen molar-refractivity contribution in [2.24, 2.45) is 0 Å². The highest BCUT2D eigenvalue weighted by Gasteiger charge is 2.17. The first-order valence-corrected chi connectivity index (χ1v) is 7.52. The van der Waals surface area contributed by atoms with Crippen molar-refractivity contribution in [2.75, 3.05) is 23.4 Å². The second-order valence-electron chi connectivity index (χ2n) is 4.09. The molecule has 1 unspecified atom stereocenters. The monoisotopic (exact) mass is 285 g/mol. The standard InChI is InChI=1S/C13H20FN3OS/c1-4-15-12-11(14)10(6-7-16-12)13(18)17-9(3)8-19-5-2/h6-7,9H,4-5,8H2,1-3H3,(H,15,16)(H,17,18). The highest BCUT2D eigenvalue weighted by Crippen LogP contribution is 2.15. The van der Waals surface area contributed by atoms with Gasteiger partial charge in [-0.05, 0) is 25.7 Å². The molecule has 6 heteroatoms. The minimum Gasteiger partial charge on any atom is -0.368 e. The molecule has 1 aromatic heterocycles. The summed E-state index contributed by atoms with van der Waals surface area (Å²) in [5, 5.41) is 5.57. The van der Waals surface area contributed by atoms with Crippen LogP contribution in [0.25, 0.3) is 0 Å². The van der Waals surface area contributed by atoms with Crippen molar-refractivity contribution in [3.63, 3.8) is 0 Å². The third kappa shape index (κ3) is 4.70. The molecule has 0 spiro atoms. The number of thioether (sulfide) groups is 1. The van der Waals surface area contributed by atoms with Crippen LogP contribution in [0.4, 0.5) is 10.2 Å². The van der Waals surface area contributed by atoms with Crippen molar-refractivity contribution >= 4 is 23.5 Å². The van der Waals surface area contributed by atoms with Crippen molar-refractivity contribution < 1.29 is 9.18 Å². The molecule has 0 fully saturated rings. The van der Waals surface area contributed by atoms with Crippen LogP contribution in [-0.2, 0) is 0 Å². The Bertz CT molecular complexity index is 428. The number of amides is 1. The zero-order valence-corrected chi connectivity index (χ0v) is 12.3. The van der Waals surface area contributed by atoms with E-state index in [9.17, 15) is 9.18 Å². The summed E-state index contributed by atoms with van der Waals surface area (Å²) in [7, 11) is 0. The van der Waals surface area contributed by atoms with Gasteiger partial charge in [0.15, 0.2) is 11.6 Å². The maximum Gasteiger partial charge on any atom is 0.254 e. The van der Waals surface area contributed by atoms with Gasteiger partial charge in [-0.1, -0.05) is 6.92 Å². The normalized spacial score (nSPS) is 12.0. The van der Waals surface area contributed by atoms with E-state index in [4.69, 9.17) is 0 Å². The van der Waals surface area contributed by atoms with Gasteiger partial charge in [0, 0.05) is 24.5 Å². The lowest BCUT2D eigenvalue weighted by Gasteiger charge is -2.14. The number of carbonyl (C=O) groups is 1. The van der Waals surface area contributed by atoms with Crippen LogP contribution >= 0.6 is 11.8 Å². The third-order valence-corrected chi connectivity index (χ3v) is 3.57. The van der Waals surface area contributed by atoms with Gasteiger partial charge in [-0.15, -0.1) is 0 Å². The van der Waals surface area contributed by atoms with E-state index in [-0.39, 0.29) is 17.4 Å². The number of pyridine rings is 1. The number of carbonyl (C=O) groups excluding carboxylic acids is 1. The summed E-state index contributed by atoms with van der Waals surface area (Å²) < 4.78 is 14.0. The predicted octanol–water partition coefficient (Wildman–Crippen LogP) is 2.52. The van der Waals surface area contributed by atoms with E-state index in [1.54, 1.807) is 11.8 Å². The van der Waals surface area contributed by atoms with Gasteiger partial charge in [-0.2, -0.15) is 11.8 Å². The number of halogens is 1. The Morgan fingerprint density at radius 1 is 1.53 bits per heavy atom. The molecular formula is C13H20FN3OS. The molecule has 0 bridgehead atoms. The van der Waals surface area contributed by atoms with E-state index in [2.05, 4.69) is 22.5 Å². The molecule has 1 heterocycles. The van der Waals surface area contributed by atoms with Crippen LogP contribution in [0.5, 0.6) is 0 Å². The molecule has 1 amide bonds. The lowest BCUT2D eigenvalue weighted by atomic mass is 10.2. The Balaban J connectivity index is 2.74. The Morgan fingerprint density at radius 2 is 2.26 bits per heavy atom. The van der Waals surface area contributed by atoms with Crippen LogP contribution in [0.3, 0.4) is 0 Å². The highest BCUT2D eigenvalue weighted by atomic mass is 32.2. The van der Waals surface area contributed by atoms with Crippen LogP contribution < -0.4 is 10.6 Å². The van der Waals surface area contributed by atoms with Crippen LogP contribution in [0.2, 0.25) is 0 Å². The van der Waals surface area contributed by atoms with Gasteiger partial charge in [0.05, 0.1) is 5.56 Å². The van der Waals surface area contributed by atoms with Gasteiger partial charge in [0.2, 0.25) is 0 Å². The number of aromatic nitrogens is 1. The van der Waals surface area contributed by atoms with Gasteiger partial charge in [0.1, 0.15) is 0 Å². The zero-order chi connectivity index (χ0) is 14.3. The minimum absolute atomic E-state index is 0.00704. The number of nitrogens with one attached hydrogen (secondary N) is 2. The highest BCUT2D eigenvalue weighted by molar-refractivity contribution is 7.99. The Morgan fingerprint density at radius 3 is 2.89 bits per heavy atom. The van der Waals surface area contributed by atoms with Gasteiger partial charge in [0.25, 0.3) is 5.91 Å². The maximum atomic E-state index is 14.0. The number of hydrogen-bond acceptors (Lipinski definition) is 4. The Kier molecular flexibility index (Phi) is 6.62. The van der Waals surface area contributed by atoms with Gasteiger partial charge in [-0.3, -0.25) is 4.79 Å². The molecule has 1 rings (SSSR count). The molecule has 0 saturated heterocycles. The van der Waals surface area contributed by atoms with Crippen LogP contribution in [0, 0.1) is 5.82 Å². The van der Waals surface area contributed by atoms with Crippen molar-refractivity contribution in [3.05, 3.63) is 23.6 Å². The lowest BCUT2D eigenvalue weighted by molar-refractivity contribution is 0.0939. The molecule has 106 valence electrons. The molecular weight excluding hydrogens is 265 g/mol. The van der Waals surface area contributed by atoms with Crippen molar-refractivity contribution in [1.82, 2.24) is 10.3 Å². The number of hydrogen-bond donors (Lipinski definition) is 2. The van der Waals surface area contributed by atoms with Crippen LogP contribution in [0.15, 0.2) is 12.3 Å². The molecule has 19 heavy (non-hydrogen) atoms. The topological polar surface area (TPSA) is 54.0 Å². The van der Waals surface area contributed by atoms with Gasteiger partial charge in [-0.25, -0.2) is 9.37 Å². The fraction of sp³-hybridized carbons (Fsp3) is 0.538. The first-order valence-electron chi connectivity index (χ1n) is 6.37. The second kappa shape index (κ2) is 7.99. The zero-order valence-electron chi connectivity index (χ0n) is 11.5. The number of nitrogens with zero attached hydrogens (tertiary/aromatic N) is 1. The first kappa shape index (κ1) is 15.8. The molecule has 0 aliphatic rings. The largest absolute Gasteiger partial charge is 0.368 e. The Labute approximate surface area is 117 Å².